The highest BCUT2D eigenvalue weighted by Gasteiger charge is 1.97. The van der Waals surface area contributed by atoms with Crippen LogP contribution in [-0.2, 0) is 4.79 Å². The average Bonchev–Trinajstić information content (AvgIpc) is 2.63. The lowest BCUT2D eigenvalue weighted by Gasteiger charge is -2.03. The fourth-order valence-electron chi connectivity index (χ4n) is 3.41. The summed E-state index contributed by atoms with van der Waals surface area (Å²) < 4.78 is 0. The van der Waals surface area contributed by atoms with Crippen LogP contribution in [0.15, 0.2) is 11.6 Å². The Hall–Kier alpha value is -0.590. The largest absolute Gasteiger partial charge is 0.298 e. The van der Waals surface area contributed by atoms with E-state index >= 15 is 0 Å². The smallest absolute Gasteiger partial charge is 0.145 e. The van der Waals surface area contributed by atoms with Gasteiger partial charge in [0.05, 0.1) is 0 Å². The molecular weight excluding hydrogens is 304 g/mol. The quantitative estimate of drug-likeness (QED) is 0.122. The monoisotopic (exact) mass is 350 g/mol. The summed E-state index contributed by atoms with van der Waals surface area (Å²) in [6.07, 6.45) is 28.4. The van der Waals surface area contributed by atoms with E-state index in [4.69, 9.17) is 0 Å². The van der Waals surface area contributed by atoms with Gasteiger partial charge >= 0.3 is 0 Å². The number of carbonyl (C=O) groups excluding carboxylic acids is 1. The van der Waals surface area contributed by atoms with Crippen molar-refractivity contribution in [3.8, 4) is 0 Å². The highest BCUT2D eigenvalue weighted by molar-refractivity contribution is 5.72. The van der Waals surface area contributed by atoms with Gasteiger partial charge in [0.15, 0.2) is 0 Å². The standard InChI is InChI=1S/C24H46O/c1-3-5-7-9-11-13-14-16-18-20-22-24(23-25)21-19-17-15-12-10-8-6-4-2/h21,23H,3-20,22H2,1-2H3. The Kier molecular flexibility index (Phi) is 20.9. The molecule has 0 heterocycles. The first kappa shape index (κ1) is 24.4. The highest BCUT2D eigenvalue weighted by atomic mass is 16.1. The number of rotatable bonds is 20. The van der Waals surface area contributed by atoms with Crippen molar-refractivity contribution in [1.82, 2.24) is 0 Å². The fourth-order valence-corrected chi connectivity index (χ4v) is 3.41. The SMILES string of the molecule is CCCCCCCCCC=C(C=O)CCCCCCCCCCCC. The Balaban J connectivity index is 3.41. The molecule has 0 fully saturated rings. The number of unbranched alkanes of at least 4 members (excludes halogenated alkanes) is 16. The minimum Gasteiger partial charge on any atom is -0.298 e. The van der Waals surface area contributed by atoms with Gasteiger partial charge < -0.3 is 0 Å². The summed E-state index contributed by atoms with van der Waals surface area (Å²) in [5.41, 5.74) is 1.05. The summed E-state index contributed by atoms with van der Waals surface area (Å²) in [5.74, 6) is 0. The van der Waals surface area contributed by atoms with Crippen molar-refractivity contribution < 1.29 is 4.79 Å². The summed E-state index contributed by atoms with van der Waals surface area (Å²) in [6, 6.07) is 0. The normalized spacial score (nSPS) is 11.8. The summed E-state index contributed by atoms with van der Waals surface area (Å²) >= 11 is 0. The van der Waals surface area contributed by atoms with Gasteiger partial charge in [-0.15, -0.1) is 0 Å². The van der Waals surface area contributed by atoms with Crippen LogP contribution in [0.2, 0.25) is 0 Å². The van der Waals surface area contributed by atoms with E-state index in [2.05, 4.69) is 19.9 Å². The van der Waals surface area contributed by atoms with E-state index < -0.39 is 0 Å². The molecule has 0 aliphatic rings. The van der Waals surface area contributed by atoms with Gasteiger partial charge in [-0.25, -0.2) is 0 Å². The molecule has 148 valence electrons. The molecule has 0 N–H and O–H groups in total. The first-order valence-corrected chi connectivity index (χ1v) is 11.5. The molecule has 0 spiro atoms. The number of allylic oxidation sites excluding steroid dienone is 2. The van der Waals surface area contributed by atoms with Gasteiger partial charge in [-0.3, -0.25) is 4.79 Å². The minimum absolute atomic E-state index is 0.997. The molecule has 0 aromatic heterocycles. The predicted molar refractivity (Wildman–Crippen MR) is 113 cm³/mol. The van der Waals surface area contributed by atoms with Gasteiger partial charge in [-0.2, -0.15) is 0 Å². The maximum Gasteiger partial charge on any atom is 0.145 e. The molecule has 0 saturated heterocycles. The molecule has 1 heteroatoms. The van der Waals surface area contributed by atoms with E-state index in [1.54, 1.807) is 0 Å². The molecule has 0 saturated carbocycles. The van der Waals surface area contributed by atoms with Crippen LogP contribution in [0.25, 0.3) is 0 Å². The second kappa shape index (κ2) is 21.5. The van der Waals surface area contributed by atoms with E-state index in [0.29, 0.717) is 0 Å². The zero-order valence-electron chi connectivity index (χ0n) is 17.5. The van der Waals surface area contributed by atoms with Gasteiger partial charge in [0, 0.05) is 0 Å². The second-order valence-corrected chi connectivity index (χ2v) is 7.74. The van der Waals surface area contributed by atoms with Crippen LogP contribution in [0.1, 0.15) is 136 Å². The Morgan fingerprint density at radius 1 is 0.560 bits per heavy atom. The third-order valence-corrected chi connectivity index (χ3v) is 5.18. The van der Waals surface area contributed by atoms with Crippen molar-refractivity contribution in [1.29, 1.82) is 0 Å². The molecule has 0 unspecified atom stereocenters. The Morgan fingerprint density at radius 2 is 0.960 bits per heavy atom. The van der Waals surface area contributed by atoms with Crippen LogP contribution in [0.5, 0.6) is 0 Å². The molecule has 0 aliphatic heterocycles. The Labute approximate surface area is 159 Å². The van der Waals surface area contributed by atoms with Crippen LogP contribution in [0.3, 0.4) is 0 Å². The van der Waals surface area contributed by atoms with Crippen LogP contribution < -0.4 is 0 Å². The first-order chi connectivity index (χ1) is 12.3. The molecule has 0 amide bonds. The summed E-state index contributed by atoms with van der Waals surface area (Å²) in [6.45, 7) is 4.54. The lowest BCUT2D eigenvalue weighted by molar-refractivity contribution is -0.105. The molecule has 0 aromatic rings. The van der Waals surface area contributed by atoms with Crippen LogP contribution in [0, 0.1) is 0 Å². The molecule has 0 bridgehead atoms. The summed E-state index contributed by atoms with van der Waals surface area (Å²) in [5, 5.41) is 0. The molecular formula is C24H46O. The van der Waals surface area contributed by atoms with Crippen molar-refractivity contribution in [2.45, 2.75) is 136 Å². The van der Waals surface area contributed by atoms with E-state index in [-0.39, 0.29) is 0 Å². The maximum atomic E-state index is 11.2. The van der Waals surface area contributed by atoms with Crippen molar-refractivity contribution in [2.75, 3.05) is 0 Å². The first-order valence-electron chi connectivity index (χ1n) is 11.5. The maximum absolute atomic E-state index is 11.2. The molecule has 0 atom stereocenters. The van der Waals surface area contributed by atoms with Crippen LogP contribution in [0.4, 0.5) is 0 Å². The van der Waals surface area contributed by atoms with Crippen LogP contribution >= 0.6 is 0 Å². The van der Waals surface area contributed by atoms with Gasteiger partial charge in [0.2, 0.25) is 0 Å². The lowest BCUT2D eigenvalue weighted by atomic mass is 10.0. The Bertz CT molecular complexity index is 292. The third-order valence-electron chi connectivity index (χ3n) is 5.18. The van der Waals surface area contributed by atoms with Gasteiger partial charge in [0.25, 0.3) is 0 Å². The molecule has 0 rings (SSSR count). The molecule has 0 aromatic carbocycles. The van der Waals surface area contributed by atoms with Crippen molar-refractivity contribution >= 4 is 6.29 Å². The molecule has 1 nitrogen and oxygen atoms in total. The zero-order chi connectivity index (χ0) is 18.4. The Morgan fingerprint density at radius 3 is 1.40 bits per heavy atom. The topological polar surface area (TPSA) is 17.1 Å². The molecule has 0 radical (unpaired) electrons. The number of aldehydes is 1. The number of hydrogen-bond donors (Lipinski definition) is 0. The van der Waals surface area contributed by atoms with E-state index in [1.807, 2.05) is 0 Å². The van der Waals surface area contributed by atoms with E-state index in [0.717, 1.165) is 24.7 Å². The summed E-state index contributed by atoms with van der Waals surface area (Å²) in [4.78, 5) is 11.2. The molecule has 0 aliphatic carbocycles. The summed E-state index contributed by atoms with van der Waals surface area (Å²) in [7, 11) is 0. The second-order valence-electron chi connectivity index (χ2n) is 7.74. The lowest BCUT2D eigenvalue weighted by Crippen LogP contribution is -1.88. The average molecular weight is 351 g/mol. The van der Waals surface area contributed by atoms with Gasteiger partial charge in [-0.1, -0.05) is 116 Å². The van der Waals surface area contributed by atoms with E-state index in [1.165, 1.54) is 109 Å². The van der Waals surface area contributed by atoms with Gasteiger partial charge in [-0.05, 0) is 31.3 Å². The van der Waals surface area contributed by atoms with Gasteiger partial charge in [0.1, 0.15) is 6.29 Å². The van der Waals surface area contributed by atoms with Crippen LogP contribution in [-0.4, -0.2) is 6.29 Å². The molecule has 25 heavy (non-hydrogen) atoms. The van der Waals surface area contributed by atoms with Crippen molar-refractivity contribution in [2.24, 2.45) is 0 Å². The van der Waals surface area contributed by atoms with Crippen molar-refractivity contribution in [3.05, 3.63) is 11.6 Å². The zero-order valence-corrected chi connectivity index (χ0v) is 17.5. The minimum atomic E-state index is 0.997. The number of hydrogen-bond acceptors (Lipinski definition) is 1. The third kappa shape index (κ3) is 19.6. The predicted octanol–water partition coefficient (Wildman–Crippen LogP) is 8.56. The number of carbonyl (C=O) groups is 1. The fraction of sp³-hybridized carbons (Fsp3) is 0.875. The van der Waals surface area contributed by atoms with Crippen molar-refractivity contribution in [3.63, 3.8) is 0 Å². The van der Waals surface area contributed by atoms with E-state index in [9.17, 15) is 4.79 Å². The highest BCUT2D eigenvalue weighted by Crippen LogP contribution is 2.14.